The maximum Gasteiger partial charge on any atom is 0.417 e. The van der Waals surface area contributed by atoms with Gasteiger partial charge in [-0.05, 0) is 41.9 Å². The SMILES string of the molecule is NC(COC(=O)C(=O)O)C1CCC2=C(C1)N(C(c1ccccc1)(c1ccccc1)c1ccccc1)CN2. The van der Waals surface area contributed by atoms with Crippen molar-refractivity contribution in [3.63, 3.8) is 0 Å². The molecule has 0 amide bonds. The number of benzene rings is 3. The van der Waals surface area contributed by atoms with E-state index in [1.807, 2.05) is 18.2 Å². The summed E-state index contributed by atoms with van der Waals surface area (Å²) in [5.74, 6) is -2.83. The Kier molecular flexibility index (Phi) is 6.97. The maximum atomic E-state index is 11.5. The standard InChI is InChI=1S/C30H31N3O4/c31-25(19-37-29(36)28(34)35)21-16-17-26-27(18-21)33(20-32-26)30(22-10-4-1-5-11-22,23-12-6-2-7-13-23)24-14-8-3-9-15-24/h1-15,21,25,32H,16-20,31H2,(H,34,35). The second kappa shape index (κ2) is 10.5. The Hall–Kier alpha value is -4.10. The molecule has 0 saturated heterocycles. The lowest BCUT2D eigenvalue weighted by molar-refractivity contribution is -0.164. The van der Waals surface area contributed by atoms with Crippen LogP contribution in [-0.2, 0) is 19.9 Å². The summed E-state index contributed by atoms with van der Waals surface area (Å²) in [6.45, 7) is 0.520. The molecule has 2 aliphatic rings. The first-order valence-electron chi connectivity index (χ1n) is 12.6. The molecule has 3 aromatic rings. The fourth-order valence-corrected chi connectivity index (χ4v) is 5.74. The number of nitrogens with zero attached hydrogens (tertiary/aromatic N) is 1. The molecule has 1 aliphatic heterocycles. The highest BCUT2D eigenvalue weighted by Crippen LogP contribution is 2.48. The molecule has 0 radical (unpaired) electrons. The molecule has 0 aromatic heterocycles. The summed E-state index contributed by atoms with van der Waals surface area (Å²) in [5, 5.41) is 12.5. The van der Waals surface area contributed by atoms with Crippen LogP contribution in [0.3, 0.4) is 0 Å². The van der Waals surface area contributed by atoms with Crippen LogP contribution in [0.25, 0.3) is 0 Å². The minimum Gasteiger partial charge on any atom is -0.473 e. The topological polar surface area (TPSA) is 105 Å². The van der Waals surface area contributed by atoms with E-state index in [0.29, 0.717) is 13.1 Å². The molecule has 4 N–H and O–H groups in total. The van der Waals surface area contributed by atoms with Crippen molar-refractivity contribution in [1.29, 1.82) is 0 Å². The van der Waals surface area contributed by atoms with Crippen LogP contribution >= 0.6 is 0 Å². The number of carboxylic acid groups (broad SMARTS) is 1. The summed E-state index contributed by atoms with van der Waals surface area (Å²) in [7, 11) is 0. The van der Waals surface area contributed by atoms with Gasteiger partial charge in [0, 0.05) is 17.4 Å². The highest BCUT2D eigenvalue weighted by molar-refractivity contribution is 6.28. The first-order valence-corrected chi connectivity index (χ1v) is 12.6. The Morgan fingerprint density at radius 2 is 1.46 bits per heavy atom. The molecule has 5 rings (SSSR count). The second-order valence-electron chi connectivity index (χ2n) is 9.57. The predicted octanol–water partition coefficient (Wildman–Crippen LogP) is 3.81. The molecule has 1 heterocycles. The van der Waals surface area contributed by atoms with Gasteiger partial charge in [-0.2, -0.15) is 0 Å². The number of esters is 1. The van der Waals surface area contributed by atoms with Crippen LogP contribution in [0.1, 0.15) is 36.0 Å². The van der Waals surface area contributed by atoms with Gasteiger partial charge in [-0.3, -0.25) is 0 Å². The van der Waals surface area contributed by atoms with E-state index in [9.17, 15) is 9.59 Å². The third-order valence-electron chi connectivity index (χ3n) is 7.51. The molecular weight excluding hydrogens is 466 g/mol. The lowest BCUT2D eigenvalue weighted by Crippen LogP contribution is -2.48. The highest BCUT2D eigenvalue weighted by atomic mass is 16.6. The molecule has 0 bridgehead atoms. The zero-order valence-corrected chi connectivity index (χ0v) is 20.5. The van der Waals surface area contributed by atoms with E-state index in [-0.39, 0.29) is 12.5 Å². The summed E-state index contributed by atoms with van der Waals surface area (Å²) in [5.41, 5.74) is 11.7. The predicted molar refractivity (Wildman–Crippen MR) is 140 cm³/mol. The van der Waals surface area contributed by atoms with Gasteiger partial charge in [0.15, 0.2) is 0 Å². The molecule has 2 atom stereocenters. The monoisotopic (exact) mass is 497 g/mol. The lowest BCUT2D eigenvalue weighted by Gasteiger charge is -2.46. The van der Waals surface area contributed by atoms with Crippen LogP contribution < -0.4 is 11.1 Å². The van der Waals surface area contributed by atoms with Gasteiger partial charge < -0.3 is 25.8 Å². The van der Waals surface area contributed by atoms with Crippen LogP contribution in [0.15, 0.2) is 102 Å². The molecule has 3 aromatic carbocycles. The molecule has 0 spiro atoms. The van der Waals surface area contributed by atoms with E-state index in [4.69, 9.17) is 15.6 Å². The van der Waals surface area contributed by atoms with E-state index < -0.39 is 23.5 Å². The minimum absolute atomic E-state index is 0.0442. The summed E-state index contributed by atoms with van der Waals surface area (Å²) >= 11 is 0. The van der Waals surface area contributed by atoms with Gasteiger partial charge in [-0.25, -0.2) is 9.59 Å². The number of nitrogens with two attached hydrogens (primary N) is 1. The molecule has 1 aliphatic carbocycles. The minimum atomic E-state index is -1.61. The number of carbonyl (C=O) groups is 2. The summed E-state index contributed by atoms with van der Waals surface area (Å²) in [4.78, 5) is 24.8. The summed E-state index contributed by atoms with van der Waals surface area (Å²) in [6, 6.07) is 31.1. The number of nitrogens with one attached hydrogen (secondary N) is 1. The van der Waals surface area contributed by atoms with Crippen molar-refractivity contribution < 1.29 is 19.4 Å². The molecule has 2 unspecified atom stereocenters. The van der Waals surface area contributed by atoms with Gasteiger partial charge in [-0.15, -0.1) is 0 Å². The summed E-state index contributed by atoms with van der Waals surface area (Å²) in [6.07, 6.45) is 2.36. The zero-order valence-electron chi connectivity index (χ0n) is 20.5. The largest absolute Gasteiger partial charge is 0.473 e. The molecule has 37 heavy (non-hydrogen) atoms. The molecular formula is C30H31N3O4. The Morgan fingerprint density at radius 3 is 1.95 bits per heavy atom. The van der Waals surface area contributed by atoms with Crippen molar-refractivity contribution in [1.82, 2.24) is 10.2 Å². The zero-order chi connectivity index (χ0) is 25.8. The van der Waals surface area contributed by atoms with E-state index in [1.165, 1.54) is 11.4 Å². The van der Waals surface area contributed by atoms with E-state index in [1.54, 1.807) is 0 Å². The first kappa shape index (κ1) is 24.6. The van der Waals surface area contributed by atoms with Crippen molar-refractivity contribution in [3.05, 3.63) is 119 Å². The third kappa shape index (κ3) is 4.58. The number of ether oxygens (including phenoxy) is 1. The van der Waals surface area contributed by atoms with Crippen LogP contribution in [-0.4, -0.2) is 41.3 Å². The van der Waals surface area contributed by atoms with E-state index in [0.717, 1.165) is 29.5 Å². The van der Waals surface area contributed by atoms with Crippen molar-refractivity contribution in [2.24, 2.45) is 11.7 Å². The van der Waals surface area contributed by atoms with E-state index >= 15 is 0 Å². The third-order valence-corrected chi connectivity index (χ3v) is 7.51. The van der Waals surface area contributed by atoms with Crippen molar-refractivity contribution in [2.45, 2.75) is 30.8 Å². The Bertz CT molecular complexity index is 1180. The van der Waals surface area contributed by atoms with Crippen LogP contribution in [0.4, 0.5) is 0 Å². The highest BCUT2D eigenvalue weighted by Gasteiger charge is 2.47. The Morgan fingerprint density at radius 1 is 0.946 bits per heavy atom. The number of carbonyl (C=O) groups excluding carboxylic acids is 1. The number of hydrogen-bond donors (Lipinski definition) is 3. The normalized spacial score (nSPS) is 18.1. The Balaban J connectivity index is 1.57. The molecule has 0 saturated carbocycles. The number of aliphatic carboxylic acids is 1. The number of carboxylic acids is 1. The van der Waals surface area contributed by atoms with Crippen LogP contribution in [0.2, 0.25) is 0 Å². The average Bonchev–Trinajstić information content (AvgIpc) is 3.37. The first-order chi connectivity index (χ1) is 18.0. The fourth-order valence-electron chi connectivity index (χ4n) is 5.74. The van der Waals surface area contributed by atoms with Gasteiger partial charge in [-0.1, -0.05) is 91.0 Å². The average molecular weight is 498 g/mol. The maximum absolute atomic E-state index is 11.5. The van der Waals surface area contributed by atoms with Gasteiger partial charge in [0.05, 0.1) is 6.67 Å². The Labute approximate surface area is 216 Å². The molecule has 7 nitrogen and oxygen atoms in total. The van der Waals surface area contributed by atoms with Gasteiger partial charge in [0.2, 0.25) is 0 Å². The molecule has 0 fully saturated rings. The van der Waals surface area contributed by atoms with Crippen LogP contribution in [0, 0.1) is 5.92 Å². The van der Waals surface area contributed by atoms with Crippen molar-refractivity contribution >= 4 is 11.9 Å². The van der Waals surface area contributed by atoms with Gasteiger partial charge >= 0.3 is 11.9 Å². The summed E-state index contributed by atoms with van der Waals surface area (Å²) < 4.78 is 4.92. The molecule has 7 heteroatoms. The number of rotatable bonds is 7. The number of allylic oxidation sites excluding steroid dienone is 2. The molecule has 190 valence electrons. The smallest absolute Gasteiger partial charge is 0.417 e. The van der Waals surface area contributed by atoms with Crippen LogP contribution in [0.5, 0.6) is 0 Å². The van der Waals surface area contributed by atoms with Gasteiger partial charge in [0.1, 0.15) is 12.1 Å². The quantitative estimate of drug-likeness (QED) is 0.259. The number of hydrogen-bond acceptors (Lipinski definition) is 6. The van der Waals surface area contributed by atoms with Crippen molar-refractivity contribution in [2.75, 3.05) is 13.3 Å². The second-order valence-corrected chi connectivity index (χ2v) is 9.57. The van der Waals surface area contributed by atoms with E-state index in [2.05, 4.69) is 83.0 Å². The van der Waals surface area contributed by atoms with Gasteiger partial charge in [0.25, 0.3) is 0 Å². The van der Waals surface area contributed by atoms with Crippen molar-refractivity contribution in [3.8, 4) is 0 Å². The fraction of sp³-hybridized carbons (Fsp3) is 0.267. The lowest BCUT2D eigenvalue weighted by atomic mass is 9.74.